The number of rotatable bonds is 4. The third-order valence-electron chi connectivity index (χ3n) is 2.50. The van der Waals surface area contributed by atoms with Crippen LogP contribution in [0.2, 0.25) is 5.02 Å². The van der Waals surface area contributed by atoms with E-state index in [1.807, 2.05) is 24.3 Å². The minimum Gasteiger partial charge on any atom is -0.370 e. The summed E-state index contributed by atoms with van der Waals surface area (Å²) in [5, 5.41) is 0.697. The van der Waals surface area contributed by atoms with Crippen molar-refractivity contribution in [2.45, 2.75) is 26.2 Å². The molecule has 0 saturated carbocycles. The first kappa shape index (κ1) is 12.1. The number of halogens is 1. The average molecular weight is 226 g/mol. The molecule has 2 nitrogen and oxygen atoms in total. The van der Waals surface area contributed by atoms with E-state index in [9.17, 15) is 4.79 Å². The second-order valence-corrected chi connectivity index (χ2v) is 4.51. The number of benzene rings is 1. The highest BCUT2D eigenvalue weighted by Crippen LogP contribution is 2.29. The smallest absolute Gasteiger partial charge is 0.218 e. The minimum atomic E-state index is -0.270. The molecule has 1 aromatic carbocycles. The van der Waals surface area contributed by atoms with Crippen LogP contribution in [-0.2, 0) is 4.79 Å². The zero-order chi connectivity index (χ0) is 11.4. The summed E-state index contributed by atoms with van der Waals surface area (Å²) in [5.74, 6) is 0.255. The summed E-state index contributed by atoms with van der Waals surface area (Å²) in [6.45, 7) is 4.16. The molecule has 0 heterocycles. The Balaban J connectivity index is 2.93. The van der Waals surface area contributed by atoms with Crippen molar-refractivity contribution in [3.05, 3.63) is 34.9 Å². The summed E-state index contributed by atoms with van der Waals surface area (Å²) in [4.78, 5) is 11.0. The van der Waals surface area contributed by atoms with E-state index in [0.717, 1.165) is 5.56 Å². The van der Waals surface area contributed by atoms with Crippen LogP contribution in [0.5, 0.6) is 0 Å². The molecule has 0 radical (unpaired) electrons. The molecule has 3 heteroatoms. The molecule has 15 heavy (non-hydrogen) atoms. The normalized spacial score (nSPS) is 12.8. The van der Waals surface area contributed by atoms with Crippen LogP contribution in [0.1, 0.15) is 31.7 Å². The molecule has 1 rings (SSSR count). The second kappa shape index (κ2) is 5.17. The number of carbonyl (C=O) groups is 1. The van der Waals surface area contributed by atoms with Crippen LogP contribution in [0.4, 0.5) is 0 Å². The molecule has 1 amide bonds. The molecule has 1 unspecified atom stereocenters. The summed E-state index contributed by atoms with van der Waals surface area (Å²) in [5.41, 5.74) is 6.31. The fourth-order valence-electron chi connectivity index (χ4n) is 1.69. The van der Waals surface area contributed by atoms with Crippen LogP contribution in [0.25, 0.3) is 0 Å². The fourth-order valence-corrected chi connectivity index (χ4v) is 1.89. The Bertz CT molecular complexity index is 349. The molecule has 0 aliphatic carbocycles. The minimum absolute atomic E-state index is 0.154. The van der Waals surface area contributed by atoms with Gasteiger partial charge >= 0.3 is 0 Å². The van der Waals surface area contributed by atoms with Gasteiger partial charge in [0.2, 0.25) is 5.91 Å². The number of carbonyl (C=O) groups excluding carboxylic acids is 1. The van der Waals surface area contributed by atoms with E-state index in [-0.39, 0.29) is 11.8 Å². The molecule has 1 aromatic rings. The molecule has 0 fully saturated rings. The summed E-state index contributed by atoms with van der Waals surface area (Å²) < 4.78 is 0. The molecule has 0 saturated heterocycles. The molecule has 2 N–H and O–H groups in total. The zero-order valence-corrected chi connectivity index (χ0v) is 9.79. The van der Waals surface area contributed by atoms with Crippen molar-refractivity contribution in [1.29, 1.82) is 0 Å². The number of nitrogens with two attached hydrogens (primary N) is 1. The van der Waals surface area contributed by atoms with Crippen molar-refractivity contribution < 1.29 is 4.79 Å². The molecule has 0 aliphatic heterocycles. The van der Waals surface area contributed by atoms with Crippen molar-refractivity contribution in [2.75, 3.05) is 0 Å². The topological polar surface area (TPSA) is 43.1 Å². The summed E-state index contributed by atoms with van der Waals surface area (Å²) in [6, 6.07) is 7.61. The number of amides is 1. The number of hydrogen-bond donors (Lipinski definition) is 1. The van der Waals surface area contributed by atoms with Crippen molar-refractivity contribution >= 4 is 17.5 Å². The maximum atomic E-state index is 11.0. The first-order valence-corrected chi connectivity index (χ1v) is 5.42. The standard InChI is InChI=1S/C12H16ClNO/c1-8(2)11(7-12(14)15)9-4-3-5-10(13)6-9/h3-6,8,11H,7H2,1-2H3,(H2,14,15). The van der Waals surface area contributed by atoms with E-state index in [1.165, 1.54) is 0 Å². The maximum Gasteiger partial charge on any atom is 0.218 e. The van der Waals surface area contributed by atoms with Crippen LogP contribution in [-0.4, -0.2) is 5.91 Å². The van der Waals surface area contributed by atoms with Gasteiger partial charge < -0.3 is 5.73 Å². The van der Waals surface area contributed by atoms with Gasteiger partial charge in [-0.05, 0) is 29.5 Å². The summed E-state index contributed by atoms with van der Waals surface area (Å²) in [7, 11) is 0. The summed E-state index contributed by atoms with van der Waals surface area (Å²) in [6.07, 6.45) is 0.373. The van der Waals surface area contributed by atoms with E-state index in [0.29, 0.717) is 17.4 Å². The Morgan fingerprint density at radius 1 is 1.47 bits per heavy atom. The molecule has 0 aliphatic rings. The molecular weight excluding hydrogens is 210 g/mol. The van der Waals surface area contributed by atoms with Crippen LogP contribution < -0.4 is 5.73 Å². The molecule has 0 aromatic heterocycles. The van der Waals surface area contributed by atoms with E-state index in [1.54, 1.807) is 0 Å². The number of primary amides is 1. The van der Waals surface area contributed by atoms with Gasteiger partial charge in [-0.2, -0.15) is 0 Å². The predicted molar refractivity (Wildman–Crippen MR) is 62.8 cm³/mol. The van der Waals surface area contributed by atoms with Crippen LogP contribution in [0.3, 0.4) is 0 Å². The van der Waals surface area contributed by atoms with Crippen LogP contribution in [0, 0.1) is 5.92 Å². The quantitative estimate of drug-likeness (QED) is 0.841. The molecule has 0 bridgehead atoms. The SMILES string of the molecule is CC(C)C(CC(N)=O)c1cccc(Cl)c1. The Hall–Kier alpha value is -1.02. The van der Waals surface area contributed by atoms with Gasteiger partial charge in [-0.1, -0.05) is 37.6 Å². The van der Waals surface area contributed by atoms with Crippen molar-refractivity contribution in [3.8, 4) is 0 Å². The van der Waals surface area contributed by atoms with Gasteiger partial charge in [0.15, 0.2) is 0 Å². The van der Waals surface area contributed by atoms with Gasteiger partial charge in [0.25, 0.3) is 0 Å². The largest absolute Gasteiger partial charge is 0.370 e. The zero-order valence-electron chi connectivity index (χ0n) is 9.03. The van der Waals surface area contributed by atoms with E-state index in [2.05, 4.69) is 13.8 Å². The van der Waals surface area contributed by atoms with Crippen molar-refractivity contribution in [2.24, 2.45) is 11.7 Å². The van der Waals surface area contributed by atoms with E-state index in [4.69, 9.17) is 17.3 Å². The van der Waals surface area contributed by atoms with E-state index >= 15 is 0 Å². The Kier molecular flexibility index (Phi) is 4.15. The van der Waals surface area contributed by atoms with Gasteiger partial charge in [0.05, 0.1) is 0 Å². The second-order valence-electron chi connectivity index (χ2n) is 4.08. The molecule has 82 valence electrons. The maximum absolute atomic E-state index is 11.0. The molecule has 1 atom stereocenters. The first-order valence-electron chi connectivity index (χ1n) is 5.04. The lowest BCUT2D eigenvalue weighted by Crippen LogP contribution is -2.18. The van der Waals surface area contributed by atoms with Gasteiger partial charge in [0, 0.05) is 11.4 Å². The van der Waals surface area contributed by atoms with Crippen LogP contribution in [0.15, 0.2) is 24.3 Å². The highest BCUT2D eigenvalue weighted by Gasteiger charge is 2.18. The van der Waals surface area contributed by atoms with Gasteiger partial charge in [-0.15, -0.1) is 0 Å². The monoisotopic (exact) mass is 225 g/mol. The Morgan fingerprint density at radius 3 is 2.60 bits per heavy atom. The average Bonchev–Trinajstić information content (AvgIpc) is 2.13. The predicted octanol–water partition coefficient (Wildman–Crippen LogP) is 2.96. The lowest BCUT2D eigenvalue weighted by molar-refractivity contribution is -0.118. The van der Waals surface area contributed by atoms with Crippen molar-refractivity contribution in [3.63, 3.8) is 0 Å². The first-order chi connectivity index (χ1) is 7.00. The van der Waals surface area contributed by atoms with Gasteiger partial charge in [-0.25, -0.2) is 0 Å². The Labute approximate surface area is 95.4 Å². The highest BCUT2D eigenvalue weighted by molar-refractivity contribution is 6.30. The van der Waals surface area contributed by atoms with Crippen LogP contribution >= 0.6 is 11.6 Å². The Morgan fingerprint density at radius 2 is 2.13 bits per heavy atom. The number of hydrogen-bond acceptors (Lipinski definition) is 1. The molecular formula is C12H16ClNO. The fraction of sp³-hybridized carbons (Fsp3) is 0.417. The van der Waals surface area contributed by atoms with E-state index < -0.39 is 0 Å². The third kappa shape index (κ3) is 3.56. The highest BCUT2D eigenvalue weighted by atomic mass is 35.5. The van der Waals surface area contributed by atoms with Gasteiger partial charge in [-0.3, -0.25) is 4.79 Å². The summed E-state index contributed by atoms with van der Waals surface area (Å²) >= 11 is 5.91. The van der Waals surface area contributed by atoms with Crippen molar-refractivity contribution in [1.82, 2.24) is 0 Å². The third-order valence-corrected chi connectivity index (χ3v) is 2.74. The lowest BCUT2D eigenvalue weighted by Gasteiger charge is -2.19. The van der Waals surface area contributed by atoms with Gasteiger partial charge in [0.1, 0.15) is 0 Å². The molecule has 0 spiro atoms. The lowest BCUT2D eigenvalue weighted by atomic mass is 9.86.